The Hall–Kier alpha value is -1.77. The second kappa shape index (κ2) is 11.8. The lowest BCUT2D eigenvalue weighted by Crippen LogP contribution is -2.43. The fraction of sp³-hybridized carbons (Fsp3) is 0.474. The molecule has 2 aromatic rings. The van der Waals surface area contributed by atoms with Gasteiger partial charge >= 0.3 is 0 Å². The minimum atomic E-state index is 0. The van der Waals surface area contributed by atoms with Crippen LogP contribution in [-0.2, 0) is 6.54 Å². The van der Waals surface area contributed by atoms with Crippen LogP contribution in [0.15, 0.2) is 47.7 Å². The molecule has 0 spiro atoms. The maximum absolute atomic E-state index is 5.93. The molecule has 6 nitrogen and oxygen atoms in total. The van der Waals surface area contributed by atoms with Crippen molar-refractivity contribution >= 4 is 29.9 Å². The monoisotopic (exact) mass is 471 g/mol. The Kier molecular flexibility index (Phi) is 10.1. The van der Waals surface area contributed by atoms with Crippen molar-refractivity contribution in [1.82, 2.24) is 20.4 Å². The zero-order valence-corrected chi connectivity index (χ0v) is 18.3. The lowest BCUT2D eigenvalue weighted by atomic mass is 10.2. The van der Waals surface area contributed by atoms with Crippen molar-refractivity contribution in [1.29, 1.82) is 0 Å². The number of guanidine groups is 1. The van der Waals surface area contributed by atoms with Crippen LogP contribution in [0.2, 0.25) is 0 Å². The van der Waals surface area contributed by atoms with Gasteiger partial charge in [-0.05, 0) is 43.5 Å². The summed E-state index contributed by atoms with van der Waals surface area (Å²) in [4.78, 5) is 4.27. The minimum absolute atomic E-state index is 0. The molecule has 2 rings (SSSR count). The Morgan fingerprint density at radius 3 is 2.65 bits per heavy atom. The number of nitrogens with zero attached hydrogens (tertiary/aromatic N) is 3. The highest BCUT2D eigenvalue weighted by Gasteiger charge is 2.08. The predicted molar refractivity (Wildman–Crippen MR) is 117 cm³/mol. The fourth-order valence-electron chi connectivity index (χ4n) is 2.49. The highest BCUT2D eigenvalue weighted by molar-refractivity contribution is 14.0. The van der Waals surface area contributed by atoms with Crippen molar-refractivity contribution < 1.29 is 4.74 Å². The minimum Gasteiger partial charge on any atom is -0.489 e. The SMILES string of the molecule is CN=C(NCC(C)Cn1cccn1)NCC(C)Oc1cccc(C)c1.I. The quantitative estimate of drug-likeness (QED) is 0.353. The van der Waals surface area contributed by atoms with Crippen LogP contribution in [0.3, 0.4) is 0 Å². The summed E-state index contributed by atoms with van der Waals surface area (Å²) in [5, 5.41) is 10.9. The van der Waals surface area contributed by atoms with Crippen molar-refractivity contribution in [2.75, 3.05) is 20.1 Å². The van der Waals surface area contributed by atoms with Gasteiger partial charge in [0.25, 0.3) is 0 Å². The van der Waals surface area contributed by atoms with Gasteiger partial charge in [0.2, 0.25) is 0 Å². The Balaban J connectivity index is 0.00000338. The summed E-state index contributed by atoms with van der Waals surface area (Å²) in [6.45, 7) is 8.68. The largest absolute Gasteiger partial charge is 0.489 e. The zero-order valence-electron chi connectivity index (χ0n) is 16.0. The van der Waals surface area contributed by atoms with E-state index in [1.807, 2.05) is 42.1 Å². The molecule has 2 unspecified atom stereocenters. The molecular weight excluding hydrogens is 441 g/mol. The third kappa shape index (κ3) is 8.07. The maximum Gasteiger partial charge on any atom is 0.191 e. The van der Waals surface area contributed by atoms with Gasteiger partial charge in [0, 0.05) is 32.5 Å². The van der Waals surface area contributed by atoms with E-state index in [1.54, 1.807) is 13.2 Å². The van der Waals surface area contributed by atoms with E-state index in [9.17, 15) is 0 Å². The molecule has 0 aliphatic heterocycles. The summed E-state index contributed by atoms with van der Waals surface area (Å²) in [5.74, 6) is 2.12. The van der Waals surface area contributed by atoms with Crippen molar-refractivity contribution in [3.8, 4) is 5.75 Å². The molecule has 0 amide bonds. The summed E-state index contributed by atoms with van der Waals surface area (Å²) < 4.78 is 7.87. The van der Waals surface area contributed by atoms with Gasteiger partial charge in [0.05, 0.1) is 6.54 Å². The van der Waals surface area contributed by atoms with Crippen LogP contribution in [0.4, 0.5) is 0 Å². The Morgan fingerprint density at radius 1 is 1.23 bits per heavy atom. The van der Waals surface area contributed by atoms with Crippen LogP contribution in [-0.4, -0.2) is 42.0 Å². The first-order valence-electron chi connectivity index (χ1n) is 8.72. The summed E-state index contributed by atoms with van der Waals surface area (Å²) in [7, 11) is 1.78. The smallest absolute Gasteiger partial charge is 0.191 e. The molecule has 26 heavy (non-hydrogen) atoms. The van der Waals surface area contributed by atoms with E-state index < -0.39 is 0 Å². The average Bonchev–Trinajstić information content (AvgIpc) is 3.08. The van der Waals surface area contributed by atoms with Gasteiger partial charge in [-0.15, -0.1) is 24.0 Å². The number of ether oxygens (including phenoxy) is 1. The number of hydrogen-bond acceptors (Lipinski definition) is 3. The molecule has 1 aromatic heterocycles. The summed E-state index contributed by atoms with van der Waals surface area (Å²) in [5.41, 5.74) is 1.20. The van der Waals surface area contributed by atoms with E-state index in [0.717, 1.165) is 24.8 Å². The topological polar surface area (TPSA) is 63.5 Å². The highest BCUT2D eigenvalue weighted by Crippen LogP contribution is 2.13. The average molecular weight is 471 g/mol. The van der Waals surface area contributed by atoms with E-state index in [2.05, 4.69) is 40.6 Å². The molecule has 1 aromatic carbocycles. The van der Waals surface area contributed by atoms with E-state index in [4.69, 9.17) is 4.74 Å². The maximum atomic E-state index is 5.93. The van der Waals surface area contributed by atoms with Crippen LogP contribution in [0.25, 0.3) is 0 Å². The normalized spacial score (nSPS) is 13.5. The number of nitrogens with one attached hydrogen (secondary N) is 2. The van der Waals surface area contributed by atoms with E-state index in [0.29, 0.717) is 12.5 Å². The van der Waals surface area contributed by atoms with Crippen LogP contribution in [0.5, 0.6) is 5.75 Å². The standard InChI is InChI=1S/C19H29N5O.HI/c1-15-7-5-8-18(11-15)25-17(3)13-22-19(20-4)21-12-16(2)14-24-10-6-9-23-24;/h5-11,16-17H,12-14H2,1-4H3,(H2,20,21,22);1H. The number of aliphatic imine (C=N–C) groups is 1. The Labute approximate surface area is 173 Å². The first kappa shape index (κ1) is 22.3. The molecule has 0 bridgehead atoms. The summed E-state index contributed by atoms with van der Waals surface area (Å²) in [6.07, 6.45) is 3.83. The van der Waals surface area contributed by atoms with E-state index in [1.165, 1.54) is 5.56 Å². The van der Waals surface area contributed by atoms with Gasteiger partial charge in [-0.2, -0.15) is 5.10 Å². The van der Waals surface area contributed by atoms with Crippen molar-refractivity contribution in [2.24, 2.45) is 10.9 Å². The second-order valence-electron chi connectivity index (χ2n) is 6.41. The highest BCUT2D eigenvalue weighted by atomic mass is 127. The van der Waals surface area contributed by atoms with E-state index >= 15 is 0 Å². The number of halogens is 1. The molecule has 0 fully saturated rings. The number of aryl methyl sites for hydroxylation is 1. The Bertz CT molecular complexity index is 660. The van der Waals surface area contributed by atoms with Crippen LogP contribution < -0.4 is 15.4 Å². The fourth-order valence-corrected chi connectivity index (χ4v) is 2.49. The van der Waals surface area contributed by atoms with Crippen LogP contribution in [0.1, 0.15) is 19.4 Å². The van der Waals surface area contributed by atoms with Crippen molar-refractivity contribution in [3.63, 3.8) is 0 Å². The Morgan fingerprint density at radius 2 is 2.00 bits per heavy atom. The first-order valence-corrected chi connectivity index (χ1v) is 8.72. The molecule has 0 radical (unpaired) electrons. The zero-order chi connectivity index (χ0) is 18.1. The third-order valence-corrected chi connectivity index (χ3v) is 3.78. The predicted octanol–water partition coefficient (Wildman–Crippen LogP) is 3.08. The summed E-state index contributed by atoms with van der Waals surface area (Å²) in [6, 6.07) is 10.0. The van der Waals surface area contributed by atoms with Gasteiger partial charge < -0.3 is 15.4 Å². The van der Waals surface area contributed by atoms with Crippen molar-refractivity contribution in [3.05, 3.63) is 48.3 Å². The first-order chi connectivity index (χ1) is 12.1. The lowest BCUT2D eigenvalue weighted by molar-refractivity contribution is 0.223. The number of hydrogen-bond donors (Lipinski definition) is 2. The molecule has 0 saturated carbocycles. The molecule has 0 aliphatic carbocycles. The summed E-state index contributed by atoms with van der Waals surface area (Å²) >= 11 is 0. The molecular formula is C19H30IN5O. The number of benzene rings is 1. The van der Waals surface area contributed by atoms with Gasteiger partial charge in [0.15, 0.2) is 5.96 Å². The molecule has 1 heterocycles. The van der Waals surface area contributed by atoms with Gasteiger partial charge in [-0.3, -0.25) is 9.67 Å². The molecule has 7 heteroatoms. The van der Waals surface area contributed by atoms with Gasteiger partial charge in [0.1, 0.15) is 11.9 Å². The lowest BCUT2D eigenvalue weighted by Gasteiger charge is -2.19. The molecule has 2 atom stereocenters. The molecule has 144 valence electrons. The molecule has 0 aliphatic rings. The number of rotatable bonds is 8. The van der Waals surface area contributed by atoms with Crippen molar-refractivity contribution in [2.45, 2.75) is 33.4 Å². The van der Waals surface area contributed by atoms with Gasteiger partial charge in [-0.1, -0.05) is 19.1 Å². The van der Waals surface area contributed by atoms with E-state index in [-0.39, 0.29) is 30.1 Å². The van der Waals surface area contributed by atoms with Crippen LogP contribution >= 0.6 is 24.0 Å². The second-order valence-corrected chi connectivity index (χ2v) is 6.41. The third-order valence-electron chi connectivity index (χ3n) is 3.78. The molecule has 2 N–H and O–H groups in total. The van der Waals surface area contributed by atoms with Crippen LogP contribution in [0, 0.1) is 12.8 Å². The molecule has 0 saturated heterocycles. The number of aromatic nitrogens is 2. The van der Waals surface area contributed by atoms with Gasteiger partial charge in [-0.25, -0.2) is 0 Å².